The number of hydrogen-bond donors (Lipinski definition) is 1. The molecule has 2 aromatic rings. The van der Waals surface area contributed by atoms with Gasteiger partial charge in [0, 0.05) is 45.1 Å². The fraction of sp³-hybridized carbons (Fsp3) is 0.154. The Morgan fingerprint density at radius 3 is 2.73 bits per heavy atom. The number of allylic oxidation sites excluding steroid dienone is 1. The molecule has 0 fully saturated rings. The second-order valence-electron chi connectivity index (χ2n) is 3.91. The van der Waals surface area contributed by atoms with Crippen molar-refractivity contribution in [1.82, 2.24) is 4.98 Å². The minimum Gasteiger partial charge on any atom is -0.366 e. The van der Waals surface area contributed by atoms with Crippen LogP contribution in [0.15, 0.2) is 30.6 Å². The maximum Gasteiger partial charge on any atom is 0.00844 e. The minimum atomic E-state index is 0. The van der Waals surface area contributed by atoms with Gasteiger partial charge in [-0.1, -0.05) is 30.5 Å². The molecule has 1 unspecified atom stereocenters. The van der Waals surface area contributed by atoms with E-state index in [0.29, 0.717) is 5.92 Å². The fourth-order valence-corrected chi connectivity index (χ4v) is 2.11. The molecule has 1 aliphatic rings. The van der Waals surface area contributed by atoms with Crippen LogP contribution in [0.4, 0.5) is 0 Å². The molecule has 3 rings (SSSR count). The predicted molar refractivity (Wildman–Crippen MR) is 60.0 cm³/mol. The van der Waals surface area contributed by atoms with E-state index >= 15 is 0 Å². The van der Waals surface area contributed by atoms with E-state index in [9.17, 15) is 0 Å². The van der Waals surface area contributed by atoms with E-state index in [4.69, 9.17) is 0 Å². The van der Waals surface area contributed by atoms with Gasteiger partial charge in [0.05, 0.1) is 0 Å². The maximum absolute atomic E-state index is 3.14. The van der Waals surface area contributed by atoms with Crippen molar-refractivity contribution in [3.63, 3.8) is 0 Å². The topological polar surface area (TPSA) is 15.8 Å². The van der Waals surface area contributed by atoms with Crippen LogP contribution >= 0.6 is 0 Å². The third-order valence-corrected chi connectivity index (χ3v) is 2.93. The predicted octanol–water partition coefficient (Wildman–Crippen LogP) is 3.50. The molecule has 0 bridgehead atoms. The molecule has 15 heavy (non-hydrogen) atoms. The van der Waals surface area contributed by atoms with Gasteiger partial charge in [0.2, 0.25) is 0 Å². The van der Waals surface area contributed by atoms with Crippen molar-refractivity contribution < 1.29 is 32.7 Å². The Morgan fingerprint density at radius 2 is 1.93 bits per heavy atom. The number of hydrogen-bond acceptors (Lipinski definition) is 0. The second-order valence-corrected chi connectivity index (χ2v) is 3.91. The van der Waals surface area contributed by atoms with Crippen molar-refractivity contribution in [2.75, 3.05) is 0 Å². The summed E-state index contributed by atoms with van der Waals surface area (Å²) in [5.74, 6) is 0.536. The van der Waals surface area contributed by atoms with Gasteiger partial charge in [0.25, 0.3) is 0 Å². The molecule has 2 heteroatoms. The summed E-state index contributed by atoms with van der Waals surface area (Å²) in [4.78, 5) is 3.14. The molecule has 0 saturated carbocycles. The van der Waals surface area contributed by atoms with Crippen LogP contribution in [0, 0.1) is 6.42 Å². The van der Waals surface area contributed by atoms with Gasteiger partial charge in [-0.3, -0.25) is 0 Å². The van der Waals surface area contributed by atoms with Gasteiger partial charge in [-0.2, -0.15) is 0 Å². The smallest absolute Gasteiger partial charge is 0.00844 e. The number of nitrogens with one attached hydrogen (secondary N) is 1. The minimum absolute atomic E-state index is 0. The van der Waals surface area contributed by atoms with Gasteiger partial charge in [-0.05, 0) is 10.8 Å². The molecule has 0 saturated heterocycles. The quantitative estimate of drug-likeness (QED) is 0.706. The summed E-state index contributed by atoms with van der Waals surface area (Å²) in [6.45, 7) is 2.24. The van der Waals surface area contributed by atoms with Crippen LogP contribution in [-0.4, -0.2) is 4.98 Å². The van der Waals surface area contributed by atoms with Gasteiger partial charge in [-0.15, -0.1) is 5.56 Å². The average molecular weight is 271 g/mol. The molecule has 1 N–H and O–H groups in total. The maximum atomic E-state index is 3.14. The summed E-state index contributed by atoms with van der Waals surface area (Å²) in [5.41, 5.74) is 2.78. The SMILES string of the molecule is CC1[CH-]C=Cc2cc3c[nH]cc3cc21.[Y]. The molecule has 1 aromatic heterocycles. The Labute approximate surface area is 115 Å². The number of fused-ring (bicyclic) bond motifs is 2. The van der Waals surface area contributed by atoms with Crippen molar-refractivity contribution in [2.24, 2.45) is 0 Å². The Balaban J connectivity index is 0.000000853. The van der Waals surface area contributed by atoms with Crippen molar-refractivity contribution in [2.45, 2.75) is 12.8 Å². The molecule has 1 aliphatic carbocycles. The normalized spacial score (nSPS) is 18.1. The Bertz CT molecular complexity index is 510. The van der Waals surface area contributed by atoms with Gasteiger partial charge < -0.3 is 4.98 Å². The summed E-state index contributed by atoms with van der Waals surface area (Å²) >= 11 is 0. The van der Waals surface area contributed by atoms with Crippen LogP contribution in [0.1, 0.15) is 24.0 Å². The van der Waals surface area contributed by atoms with Crippen molar-refractivity contribution in [3.05, 3.63) is 48.2 Å². The summed E-state index contributed by atoms with van der Waals surface area (Å²) in [6, 6.07) is 4.53. The van der Waals surface area contributed by atoms with E-state index in [1.807, 2.05) is 6.20 Å². The zero-order chi connectivity index (χ0) is 9.54. The average Bonchev–Trinajstić information content (AvgIpc) is 2.62. The zero-order valence-corrected chi connectivity index (χ0v) is 11.5. The number of benzene rings is 1. The largest absolute Gasteiger partial charge is 0.366 e. The molecule has 0 amide bonds. The first kappa shape index (κ1) is 11.0. The monoisotopic (exact) mass is 271 g/mol. The molecule has 0 spiro atoms. The molecule has 1 radical (unpaired) electrons. The van der Waals surface area contributed by atoms with E-state index in [0.717, 1.165) is 0 Å². The molecular formula is C13H12NY-. The molecular weight excluding hydrogens is 259 g/mol. The summed E-state index contributed by atoms with van der Waals surface area (Å²) < 4.78 is 0. The van der Waals surface area contributed by atoms with Crippen LogP contribution in [0.25, 0.3) is 16.8 Å². The van der Waals surface area contributed by atoms with Crippen LogP contribution in [0.3, 0.4) is 0 Å². The van der Waals surface area contributed by atoms with Gasteiger partial charge >= 0.3 is 0 Å². The number of H-pyrrole nitrogens is 1. The summed E-state index contributed by atoms with van der Waals surface area (Å²) in [5, 5.41) is 2.60. The van der Waals surface area contributed by atoms with Crippen molar-refractivity contribution in [3.8, 4) is 0 Å². The van der Waals surface area contributed by atoms with Crippen LogP contribution in [0.2, 0.25) is 0 Å². The van der Waals surface area contributed by atoms with Crippen LogP contribution < -0.4 is 0 Å². The van der Waals surface area contributed by atoms with Gasteiger partial charge in [0.15, 0.2) is 0 Å². The van der Waals surface area contributed by atoms with Crippen LogP contribution in [0.5, 0.6) is 0 Å². The number of aromatic nitrogens is 1. The first-order chi connectivity index (χ1) is 6.84. The standard InChI is InChI=1S/C13H12N.Y/c1-9-3-2-4-10-5-11-7-14-8-12(11)6-13(9)10;/h2-9,14H,1H3;/q-1;. The Kier molecular flexibility index (Phi) is 3.04. The molecule has 1 atom stereocenters. The van der Waals surface area contributed by atoms with E-state index in [2.05, 4.69) is 48.8 Å². The second kappa shape index (κ2) is 4.15. The Morgan fingerprint density at radius 1 is 1.20 bits per heavy atom. The van der Waals surface area contributed by atoms with Gasteiger partial charge in [0.1, 0.15) is 0 Å². The van der Waals surface area contributed by atoms with Crippen molar-refractivity contribution >= 4 is 16.8 Å². The first-order valence-electron chi connectivity index (χ1n) is 4.96. The summed E-state index contributed by atoms with van der Waals surface area (Å²) in [6.07, 6.45) is 10.7. The summed E-state index contributed by atoms with van der Waals surface area (Å²) in [7, 11) is 0. The van der Waals surface area contributed by atoms with E-state index in [-0.39, 0.29) is 32.7 Å². The molecule has 1 nitrogen and oxygen atoms in total. The first-order valence-corrected chi connectivity index (χ1v) is 4.96. The molecule has 73 valence electrons. The third-order valence-electron chi connectivity index (χ3n) is 2.93. The van der Waals surface area contributed by atoms with Gasteiger partial charge in [-0.25, -0.2) is 18.6 Å². The molecule has 0 aliphatic heterocycles. The fourth-order valence-electron chi connectivity index (χ4n) is 2.11. The van der Waals surface area contributed by atoms with E-state index in [1.165, 1.54) is 21.9 Å². The van der Waals surface area contributed by atoms with Crippen molar-refractivity contribution in [1.29, 1.82) is 0 Å². The third kappa shape index (κ3) is 1.79. The number of rotatable bonds is 0. The van der Waals surface area contributed by atoms with E-state index in [1.54, 1.807) is 0 Å². The number of aromatic amines is 1. The molecule has 1 heterocycles. The van der Waals surface area contributed by atoms with E-state index < -0.39 is 0 Å². The molecule has 1 aromatic carbocycles. The Hall–Kier alpha value is -0.526. The zero-order valence-electron chi connectivity index (χ0n) is 8.70. The van der Waals surface area contributed by atoms with Crippen LogP contribution in [-0.2, 0) is 32.7 Å².